The van der Waals surface area contributed by atoms with Gasteiger partial charge in [0, 0.05) is 18.5 Å². The second-order valence-corrected chi connectivity index (χ2v) is 11.9. The summed E-state index contributed by atoms with van der Waals surface area (Å²) < 4.78 is 26.7. The molecule has 0 radical (unpaired) electrons. The van der Waals surface area contributed by atoms with Gasteiger partial charge in [-0.25, -0.2) is 9.59 Å². The van der Waals surface area contributed by atoms with E-state index in [-0.39, 0.29) is 5.43 Å². The number of benzene rings is 5. The number of fused-ring (bicyclic) bond motifs is 5. The van der Waals surface area contributed by atoms with Crippen LogP contribution in [0.4, 0.5) is 0 Å². The number of pyridine rings is 1. The molecule has 0 saturated carbocycles. The molecule has 1 aliphatic heterocycles. The van der Waals surface area contributed by atoms with Crippen LogP contribution >= 0.6 is 0 Å². The first-order valence-electron chi connectivity index (χ1n) is 14.9. The van der Waals surface area contributed by atoms with E-state index in [2.05, 4.69) is 0 Å². The maximum absolute atomic E-state index is 14.3. The first-order valence-corrected chi connectivity index (χ1v) is 14.9. The number of esters is 2. The molecule has 0 amide bonds. The van der Waals surface area contributed by atoms with Gasteiger partial charge in [0.15, 0.2) is 12.2 Å². The highest BCUT2D eigenvalue weighted by atomic mass is 16.6. The number of carbonyl (C=O) groups is 2. The number of ether oxygens (including phenoxy) is 4. The van der Waals surface area contributed by atoms with Gasteiger partial charge in [-0.1, -0.05) is 60.7 Å². The quantitative estimate of drug-likeness (QED) is 0.151. The molecule has 0 bridgehead atoms. The Balaban J connectivity index is 1.52. The Morgan fingerprint density at radius 1 is 0.783 bits per heavy atom. The number of nitrogens with zero attached hydrogens (tertiary/aromatic N) is 1. The number of aryl methyl sites for hydroxylation is 1. The zero-order valence-corrected chi connectivity index (χ0v) is 25.8. The highest BCUT2D eigenvalue weighted by Gasteiger charge is 2.50. The van der Waals surface area contributed by atoms with Crippen LogP contribution in [0, 0.1) is 0 Å². The molecule has 0 spiro atoms. The topological polar surface area (TPSA) is 93.1 Å². The van der Waals surface area contributed by atoms with Gasteiger partial charge in [0.1, 0.15) is 17.1 Å². The summed E-state index contributed by atoms with van der Waals surface area (Å²) in [5.41, 5.74) is 0.770. The summed E-state index contributed by atoms with van der Waals surface area (Å²) in [5, 5.41) is 2.69. The van der Waals surface area contributed by atoms with Crippen LogP contribution in [0.15, 0.2) is 108 Å². The Labute approximate surface area is 264 Å². The molecule has 8 nitrogen and oxygen atoms in total. The number of aromatic nitrogens is 1. The molecule has 46 heavy (non-hydrogen) atoms. The second-order valence-electron chi connectivity index (χ2n) is 11.9. The van der Waals surface area contributed by atoms with Crippen molar-refractivity contribution in [3.63, 3.8) is 0 Å². The molecule has 0 fully saturated rings. The van der Waals surface area contributed by atoms with Crippen molar-refractivity contribution in [1.82, 2.24) is 4.57 Å². The molecule has 7 rings (SSSR count). The lowest BCUT2D eigenvalue weighted by Crippen LogP contribution is -2.52. The van der Waals surface area contributed by atoms with E-state index in [9.17, 15) is 14.4 Å². The number of hydrogen-bond acceptors (Lipinski definition) is 7. The lowest BCUT2D eigenvalue weighted by molar-refractivity contribution is -0.122. The van der Waals surface area contributed by atoms with Crippen molar-refractivity contribution < 1.29 is 28.5 Å². The van der Waals surface area contributed by atoms with Gasteiger partial charge in [-0.05, 0) is 61.0 Å². The second kappa shape index (κ2) is 11.1. The Bertz CT molecular complexity index is 2220. The zero-order valence-electron chi connectivity index (χ0n) is 25.8. The minimum atomic E-state index is -1.16. The minimum Gasteiger partial charge on any atom is -0.496 e. The molecule has 1 aromatic heterocycles. The molecule has 8 heteroatoms. The summed E-state index contributed by atoms with van der Waals surface area (Å²) in [6.07, 6.45) is -2.25. The van der Waals surface area contributed by atoms with Crippen LogP contribution in [0.2, 0.25) is 0 Å². The Morgan fingerprint density at radius 2 is 1.35 bits per heavy atom. The highest BCUT2D eigenvalue weighted by Crippen LogP contribution is 2.49. The molecule has 230 valence electrons. The van der Waals surface area contributed by atoms with Crippen LogP contribution in [0.1, 0.15) is 46.2 Å². The summed E-state index contributed by atoms with van der Waals surface area (Å²) >= 11 is 0. The van der Waals surface area contributed by atoms with Gasteiger partial charge in [-0.15, -0.1) is 0 Å². The molecule has 0 unspecified atom stereocenters. The predicted octanol–water partition coefficient (Wildman–Crippen LogP) is 7.15. The van der Waals surface area contributed by atoms with Gasteiger partial charge < -0.3 is 23.5 Å². The van der Waals surface area contributed by atoms with Gasteiger partial charge >= 0.3 is 11.9 Å². The molecular formula is C38H31NO7. The SMILES string of the molecule is COc1cc2c(c3c1c(=O)c1cc4ccccc4cc1n3C)[C@H](OC(=O)c1ccccc1)[C@H](OC(=O)c1ccccc1)C(C)(C)O2. The van der Waals surface area contributed by atoms with Crippen molar-refractivity contribution in [3.05, 3.63) is 130 Å². The fraction of sp³-hybridized carbons (Fsp3) is 0.184. The van der Waals surface area contributed by atoms with Crippen molar-refractivity contribution in [3.8, 4) is 11.5 Å². The predicted molar refractivity (Wildman–Crippen MR) is 176 cm³/mol. The first kappa shape index (κ1) is 29.1. The van der Waals surface area contributed by atoms with Crippen molar-refractivity contribution in [1.29, 1.82) is 0 Å². The van der Waals surface area contributed by atoms with Gasteiger partial charge in [0.25, 0.3) is 0 Å². The Morgan fingerprint density at radius 3 is 1.96 bits per heavy atom. The monoisotopic (exact) mass is 613 g/mol. The number of hydrogen-bond donors (Lipinski definition) is 0. The number of carbonyl (C=O) groups excluding carboxylic acids is 2. The summed E-state index contributed by atoms with van der Waals surface area (Å²) in [6.45, 7) is 3.54. The molecule has 2 heterocycles. The summed E-state index contributed by atoms with van der Waals surface area (Å²) in [6, 6.07) is 30.5. The highest BCUT2D eigenvalue weighted by molar-refractivity contribution is 6.04. The lowest BCUT2D eigenvalue weighted by Gasteiger charge is -2.43. The Kier molecular flexibility index (Phi) is 7.00. The molecule has 6 aromatic rings. The van der Waals surface area contributed by atoms with E-state index in [1.807, 2.05) is 48.0 Å². The van der Waals surface area contributed by atoms with Crippen LogP contribution in [-0.4, -0.2) is 35.3 Å². The van der Waals surface area contributed by atoms with E-state index in [4.69, 9.17) is 18.9 Å². The van der Waals surface area contributed by atoms with Gasteiger partial charge in [0.05, 0.1) is 40.2 Å². The molecular weight excluding hydrogens is 582 g/mol. The van der Waals surface area contributed by atoms with Gasteiger partial charge in [-0.3, -0.25) is 4.79 Å². The third-order valence-corrected chi connectivity index (χ3v) is 8.62. The van der Waals surface area contributed by atoms with Crippen molar-refractivity contribution in [2.24, 2.45) is 7.05 Å². The average Bonchev–Trinajstić information content (AvgIpc) is 3.07. The van der Waals surface area contributed by atoms with Crippen LogP contribution in [0.3, 0.4) is 0 Å². The van der Waals surface area contributed by atoms with Crippen LogP contribution in [0.25, 0.3) is 32.6 Å². The largest absolute Gasteiger partial charge is 0.496 e. The number of methoxy groups -OCH3 is 1. The zero-order chi connectivity index (χ0) is 32.2. The van der Waals surface area contributed by atoms with E-state index in [1.165, 1.54) is 7.11 Å². The Hall–Kier alpha value is -5.63. The maximum atomic E-state index is 14.3. The third-order valence-electron chi connectivity index (χ3n) is 8.62. The number of rotatable bonds is 5. The molecule has 2 atom stereocenters. The average molecular weight is 614 g/mol. The fourth-order valence-corrected chi connectivity index (χ4v) is 6.37. The van der Waals surface area contributed by atoms with E-state index in [1.54, 1.807) is 80.6 Å². The summed E-state index contributed by atoms with van der Waals surface area (Å²) in [5.74, 6) is -0.554. The van der Waals surface area contributed by atoms with Crippen molar-refractivity contribution in [2.45, 2.75) is 31.7 Å². The van der Waals surface area contributed by atoms with E-state index >= 15 is 0 Å². The fourth-order valence-electron chi connectivity index (χ4n) is 6.37. The van der Waals surface area contributed by atoms with Crippen LogP contribution in [-0.2, 0) is 16.5 Å². The maximum Gasteiger partial charge on any atom is 0.338 e. The summed E-state index contributed by atoms with van der Waals surface area (Å²) in [7, 11) is 3.34. The van der Waals surface area contributed by atoms with Crippen LogP contribution < -0.4 is 14.9 Å². The molecule has 0 N–H and O–H groups in total. The minimum absolute atomic E-state index is 0.246. The summed E-state index contributed by atoms with van der Waals surface area (Å²) in [4.78, 5) is 41.6. The van der Waals surface area contributed by atoms with E-state index in [0.717, 1.165) is 10.8 Å². The first-order chi connectivity index (χ1) is 22.2. The lowest BCUT2D eigenvalue weighted by atomic mass is 9.86. The molecule has 1 aliphatic rings. The van der Waals surface area contributed by atoms with Gasteiger partial charge in [-0.2, -0.15) is 0 Å². The van der Waals surface area contributed by atoms with Gasteiger partial charge in [0.2, 0.25) is 5.43 Å². The van der Waals surface area contributed by atoms with E-state index in [0.29, 0.717) is 50.0 Å². The molecule has 5 aromatic carbocycles. The third kappa shape index (κ3) is 4.74. The smallest absolute Gasteiger partial charge is 0.338 e. The molecule has 0 aliphatic carbocycles. The van der Waals surface area contributed by atoms with Crippen molar-refractivity contribution in [2.75, 3.05) is 7.11 Å². The standard InChI is InChI=1S/C38H31NO7/c1-38(2)35(45-37(42)23-15-9-6-10-16-23)34(44-36(41)22-13-7-5-8-14-22)31-29(46-38)21-28(43-4)30-32(31)39(3)27-20-25-18-12-11-17-24(25)19-26(27)33(30)40/h5-21,34-35H,1-4H3/t34-,35-/m0/s1. The molecule has 0 saturated heterocycles. The van der Waals surface area contributed by atoms with E-state index < -0.39 is 29.7 Å². The van der Waals surface area contributed by atoms with Crippen LogP contribution in [0.5, 0.6) is 11.5 Å². The normalized spacial score (nSPS) is 16.9. The van der Waals surface area contributed by atoms with Crippen molar-refractivity contribution >= 4 is 44.5 Å².